The number of amides is 2. The van der Waals surface area contributed by atoms with Crippen LogP contribution in [0.4, 0.5) is 0 Å². The predicted molar refractivity (Wildman–Crippen MR) is 137 cm³/mol. The van der Waals surface area contributed by atoms with Crippen LogP contribution in [0.5, 0.6) is 5.75 Å². The molecule has 4 heterocycles. The number of likely N-dealkylation sites (tertiary alicyclic amines) is 1. The summed E-state index contributed by atoms with van der Waals surface area (Å²) in [5.41, 5.74) is 3.90. The Bertz CT molecular complexity index is 1320. The van der Waals surface area contributed by atoms with Crippen LogP contribution in [-0.4, -0.2) is 62.5 Å². The van der Waals surface area contributed by atoms with E-state index in [4.69, 9.17) is 10.1 Å². The van der Waals surface area contributed by atoms with Crippen LogP contribution < -0.4 is 4.74 Å². The van der Waals surface area contributed by atoms with Crippen molar-refractivity contribution in [3.8, 4) is 11.4 Å². The highest BCUT2D eigenvalue weighted by Gasteiger charge is 2.36. The Morgan fingerprint density at radius 1 is 1.20 bits per heavy atom. The van der Waals surface area contributed by atoms with E-state index in [-0.39, 0.29) is 23.7 Å². The van der Waals surface area contributed by atoms with Crippen molar-refractivity contribution in [1.29, 1.82) is 5.41 Å². The molecule has 0 bridgehead atoms. The molecule has 0 radical (unpaired) electrons. The minimum absolute atomic E-state index is 0.0220. The van der Waals surface area contributed by atoms with E-state index in [9.17, 15) is 9.59 Å². The van der Waals surface area contributed by atoms with E-state index in [0.29, 0.717) is 10.2 Å². The van der Waals surface area contributed by atoms with Gasteiger partial charge in [-0.15, -0.1) is 0 Å². The first-order valence-corrected chi connectivity index (χ1v) is 12.3. The zero-order valence-corrected chi connectivity index (χ0v) is 20.7. The molecule has 5 rings (SSSR count). The van der Waals surface area contributed by atoms with Crippen molar-refractivity contribution in [2.75, 3.05) is 20.2 Å². The molecule has 1 fully saturated rings. The molecular formula is C25H26N6O3S. The molecule has 9 nitrogen and oxygen atoms in total. The van der Waals surface area contributed by atoms with Gasteiger partial charge in [-0.3, -0.25) is 15.0 Å². The first kappa shape index (κ1) is 23.1. The summed E-state index contributed by atoms with van der Waals surface area (Å²) >= 11 is 1.18. The van der Waals surface area contributed by atoms with Gasteiger partial charge in [-0.1, -0.05) is 0 Å². The van der Waals surface area contributed by atoms with Crippen molar-refractivity contribution in [2.24, 2.45) is 10.1 Å². The molecule has 2 aromatic rings. The average molecular weight is 491 g/mol. The average Bonchev–Trinajstić information content (AvgIpc) is 3.57. The number of aryl methyl sites for hydroxylation is 1. The molecule has 1 saturated heterocycles. The molecule has 3 aliphatic rings. The van der Waals surface area contributed by atoms with Crippen molar-refractivity contribution in [3.05, 3.63) is 52.9 Å². The summed E-state index contributed by atoms with van der Waals surface area (Å²) in [6, 6.07) is 9.73. The number of nitrogens with zero attached hydrogens (tertiary/aromatic N) is 5. The van der Waals surface area contributed by atoms with Gasteiger partial charge in [0, 0.05) is 30.2 Å². The molecule has 0 aliphatic carbocycles. The monoisotopic (exact) mass is 490 g/mol. The van der Waals surface area contributed by atoms with Gasteiger partial charge < -0.3 is 14.2 Å². The third-order valence-electron chi connectivity index (χ3n) is 6.36. The van der Waals surface area contributed by atoms with E-state index in [0.717, 1.165) is 54.3 Å². The standard InChI is InChI=1S/C25H26N6O3S/c1-15-12-17(16(2)30(15)18-6-8-19(34-3)9-7-18)13-20-23(26)31-25(27-24(20)33)35-21(28-31)14-22(32)29-10-4-5-11-29/h6-9,12-13,26H,4-5,10-11,14H2,1-3H3/b20-13+,26-23?. The molecule has 10 heteroatoms. The van der Waals surface area contributed by atoms with E-state index in [1.54, 1.807) is 13.2 Å². The van der Waals surface area contributed by atoms with Gasteiger partial charge in [0.25, 0.3) is 5.91 Å². The molecule has 0 spiro atoms. The Kier molecular flexibility index (Phi) is 6.06. The number of methoxy groups -OCH3 is 1. The van der Waals surface area contributed by atoms with Crippen molar-refractivity contribution in [3.63, 3.8) is 0 Å². The molecule has 0 atom stereocenters. The lowest BCUT2D eigenvalue weighted by molar-refractivity contribution is -0.128. The second-order valence-corrected chi connectivity index (χ2v) is 9.68. The molecule has 0 unspecified atom stereocenters. The first-order valence-electron chi connectivity index (χ1n) is 11.5. The van der Waals surface area contributed by atoms with Gasteiger partial charge in [-0.05, 0) is 80.4 Å². The number of carbonyl (C=O) groups excluding carboxylic acids is 2. The quantitative estimate of drug-likeness (QED) is 0.643. The number of fused-ring (bicyclic) bond motifs is 1. The maximum absolute atomic E-state index is 12.8. The smallest absolute Gasteiger partial charge is 0.283 e. The van der Waals surface area contributed by atoms with E-state index >= 15 is 0 Å². The summed E-state index contributed by atoms with van der Waals surface area (Å²) in [7, 11) is 1.63. The Balaban J connectivity index is 1.40. The van der Waals surface area contributed by atoms with Gasteiger partial charge in [0.2, 0.25) is 11.1 Å². The minimum atomic E-state index is -0.481. The number of nitrogens with one attached hydrogen (secondary N) is 1. The third-order valence-corrected chi connectivity index (χ3v) is 7.27. The highest BCUT2D eigenvalue weighted by molar-refractivity contribution is 8.27. The lowest BCUT2D eigenvalue weighted by atomic mass is 10.1. The lowest BCUT2D eigenvalue weighted by Crippen LogP contribution is -2.35. The van der Waals surface area contributed by atoms with Crippen LogP contribution in [0.25, 0.3) is 11.8 Å². The number of aliphatic imine (C=N–C) groups is 1. The van der Waals surface area contributed by atoms with Crippen molar-refractivity contribution < 1.29 is 14.3 Å². The lowest BCUT2D eigenvalue weighted by Gasteiger charge is -2.20. The highest BCUT2D eigenvalue weighted by Crippen LogP contribution is 2.31. The Morgan fingerprint density at radius 3 is 2.60 bits per heavy atom. The number of aromatic nitrogens is 1. The number of amidine groups is 2. The Labute approximate surface area is 207 Å². The molecule has 2 amide bonds. The van der Waals surface area contributed by atoms with E-state index < -0.39 is 5.91 Å². The molecule has 1 N–H and O–H groups in total. The maximum atomic E-state index is 12.8. The van der Waals surface area contributed by atoms with Crippen LogP contribution in [0, 0.1) is 19.3 Å². The number of hydrogen-bond donors (Lipinski definition) is 1. The number of hydrazone groups is 1. The number of carbonyl (C=O) groups is 2. The van der Waals surface area contributed by atoms with Crippen molar-refractivity contribution in [1.82, 2.24) is 14.5 Å². The van der Waals surface area contributed by atoms with Crippen LogP contribution in [0.3, 0.4) is 0 Å². The van der Waals surface area contributed by atoms with Crippen molar-refractivity contribution >= 4 is 45.7 Å². The largest absolute Gasteiger partial charge is 0.497 e. The number of benzene rings is 1. The highest BCUT2D eigenvalue weighted by atomic mass is 32.2. The molecule has 35 heavy (non-hydrogen) atoms. The topological polar surface area (TPSA) is 103 Å². The number of thioether (sulfide) groups is 1. The van der Waals surface area contributed by atoms with Gasteiger partial charge in [0.1, 0.15) is 10.8 Å². The second-order valence-electron chi connectivity index (χ2n) is 8.64. The van der Waals surface area contributed by atoms with Crippen LogP contribution in [0.15, 0.2) is 46.0 Å². The van der Waals surface area contributed by atoms with Crippen LogP contribution in [0.2, 0.25) is 0 Å². The minimum Gasteiger partial charge on any atom is -0.497 e. The van der Waals surface area contributed by atoms with E-state index in [1.165, 1.54) is 16.8 Å². The fraction of sp³-hybridized carbons (Fsp3) is 0.320. The van der Waals surface area contributed by atoms with Crippen LogP contribution >= 0.6 is 11.8 Å². The molecule has 3 aliphatic heterocycles. The van der Waals surface area contributed by atoms with Gasteiger partial charge >= 0.3 is 0 Å². The molecule has 1 aromatic carbocycles. The zero-order valence-electron chi connectivity index (χ0n) is 19.9. The Morgan fingerprint density at radius 2 is 1.91 bits per heavy atom. The molecular weight excluding hydrogens is 464 g/mol. The summed E-state index contributed by atoms with van der Waals surface area (Å²) in [5.74, 6) is 0.281. The van der Waals surface area contributed by atoms with Gasteiger partial charge in [-0.25, -0.2) is 0 Å². The predicted octanol–water partition coefficient (Wildman–Crippen LogP) is 3.73. The SMILES string of the molecule is COc1ccc(-n2c(C)cc(/C=C3\C(=N)N4N=C(CC(=O)N5CCCC5)SC4=NC3=O)c2C)cc1. The maximum Gasteiger partial charge on any atom is 0.283 e. The number of hydrogen-bond acceptors (Lipinski definition) is 6. The fourth-order valence-corrected chi connectivity index (χ4v) is 5.40. The third kappa shape index (κ3) is 4.29. The van der Waals surface area contributed by atoms with Crippen molar-refractivity contribution in [2.45, 2.75) is 33.1 Å². The first-order chi connectivity index (χ1) is 16.9. The summed E-state index contributed by atoms with van der Waals surface area (Å²) in [4.78, 5) is 31.4. The summed E-state index contributed by atoms with van der Waals surface area (Å²) in [6.07, 6.45) is 3.90. The summed E-state index contributed by atoms with van der Waals surface area (Å²) in [6.45, 7) is 5.52. The van der Waals surface area contributed by atoms with E-state index in [1.807, 2.05) is 49.1 Å². The zero-order chi connectivity index (χ0) is 24.7. The van der Waals surface area contributed by atoms with Gasteiger partial charge in [0.15, 0.2) is 5.84 Å². The summed E-state index contributed by atoms with van der Waals surface area (Å²) < 4.78 is 7.34. The van der Waals surface area contributed by atoms with Crippen LogP contribution in [0.1, 0.15) is 36.2 Å². The molecule has 1 aromatic heterocycles. The van der Waals surface area contributed by atoms with Gasteiger partial charge in [0.05, 0.1) is 19.1 Å². The molecule has 0 saturated carbocycles. The molecule has 180 valence electrons. The normalized spacial score (nSPS) is 18.8. The number of ether oxygens (including phenoxy) is 1. The Hall–Kier alpha value is -3.66. The van der Waals surface area contributed by atoms with Gasteiger partial charge in [-0.2, -0.15) is 15.1 Å². The summed E-state index contributed by atoms with van der Waals surface area (Å²) in [5, 5.41) is 15.3. The second kappa shape index (κ2) is 9.18. The van der Waals surface area contributed by atoms with E-state index in [2.05, 4.69) is 14.7 Å². The fourth-order valence-electron chi connectivity index (χ4n) is 4.53. The number of rotatable bonds is 5. The van der Waals surface area contributed by atoms with Crippen LogP contribution in [-0.2, 0) is 9.59 Å².